The largest absolute Gasteiger partial charge is 0.462 e. The van der Waals surface area contributed by atoms with Crippen LogP contribution >= 0.6 is 0 Å². The van der Waals surface area contributed by atoms with Gasteiger partial charge in [0.2, 0.25) is 5.91 Å². The van der Waals surface area contributed by atoms with Crippen LogP contribution in [0.5, 0.6) is 0 Å². The van der Waals surface area contributed by atoms with Crippen LogP contribution < -0.4 is 22.1 Å². The number of nitrogens with two attached hydrogens (primary N) is 2. The lowest BCUT2D eigenvalue weighted by molar-refractivity contribution is -0.149. The van der Waals surface area contributed by atoms with Crippen LogP contribution in [0.2, 0.25) is 0 Å². The van der Waals surface area contributed by atoms with Crippen molar-refractivity contribution in [1.29, 1.82) is 0 Å². The topological polar surface area (TPSA) is 140 Å². The Morgan fingerprint density at radius 2 is 1.50 bits per heavy atom. The summed E-state index contributed by atoms with van der Waals surface area (Å²) in [5.41, 5.74) is 11.4. The Balaban J connectivity index is 4.16. The van der Waals surface area contributed by atoms with Crippen LogP contribution in [-0.2, 0) is 14.3 Å². The third-order valence-electron chi connectivity index (χ3n) is 6.16. The Labute approximate surface area is 219 Å². The number of carbonyl (C=O) groups excluding carboxylic acids is 2. The molecule has 0 aliphatic rings. The van der Waals surface area contributed by atoms with Gasteiger partial charge >= 0.3 is 5.97 Å². The fourth-order valence-corrected chi connectivity index (χ4v) is 3.91. The van der Waals surface area contributed by atoms with E-state index >= 15 is 0 Å². The van der Waals surface area contributed by atoms with Gasteiger partial charge in [0, 0.05) is 13.0 Å². The first-order valence-electron chi connectivity index (χ1n) is 14.0. The Morgan fingerprint density at radius 1 is 0.972 bits per heavy atom. The molecule has 0 rings (SSSR count). The minimum atomic E-state index is -0.909. The summed E-state index contributed by atoms with van der Waals surface area (Å²) in [6.07, 6.45) is 19.1. The molecular weight excluding hydrogens is 456 g/mol. The molecule has 0 aromatic heterocycles. The van der Waals surface area contributed by atoms with Crippen LogP contribution in [-0.4, -0.2) is 48.3 Å². The van der Waals surface area contributed by atoms with Gasteiger partial charge in [-0.15, -0.1) is 0 Å². The van der Waals surface area contributed by atoms with Crippen LogP contribution in [0.25, 0.3) is 0 Å². The van der Waals surface area contributed by atoms with Crippen molar-refractivity contribution in [3.63, 3.8) is 0 Å². The average Bonchev–Trinajstić information content (AvgIpc) is 2.84. The van der Waals surface area contributed by atoms with Gasteiger partial charge in [0.1, 0.15) is 12.6 Å². The van der Waals surface area contributed by atoms with Crippen LogP contribution in [0, 0.1) is 0 Å². The van der Waals surface area contributed by atoms with Crippen molar-refractivity contribution in [3.05, 3.63) is 24.6 Å². The average molecular weight is 511 g/mol. The van der Waals surface area contributed by atoms with Crippen molar-refractivity contribution in [2.45, 2.75) is 128 Å². The highest BCUT2D eigenvalue weighted by molar-refractivity contribution is 5.84. The first kappa shape index (κ1) is 33.9. The lowest BCUT2D eigenvalue weighted by atomic mass is 10.0. The molecule has 8 heteroatoms. The Bertz CT molecular complexity index is 612. The Morgan fingerprint density at radius 3 is 2.00 bits per heavy atom. The molecule has 210 valence electrons. The molecule has 3 unspecified atom stereocenters. The molecule has 7 N–H and O–H groups in total. The predicted molar refractivity (Wildman–Crippen MR) is 148 cm³/mol. The fraction of sp³-hybridized carbons (Fsp3) is 0.786. The maximum atomic E-state index is 12.6. The second kappa shape index (κ2) is 23.3. The highest BCUT2D eigenvalue weighted by atomic mass is 16.5. The number of esters is 1. The van der Waals surface area contributed by atoms with E-state index in [1.807, 2.05) is 0 Å². The molecule has 0 radical (unpaired) electrons. The number of nitrogens with one attached hydrogen (secondary N) is 2. The van der Waals surface area contributed by atoms with E-state index < -0.39 is 24.2 Å². The third kappa shape index (κ3) is 20.2. The van der Waals surface area contributed by atoms with Gasteiger partial charge in [0.25, 0.3) is 0 Å². The zero-order chi connectivity index (χ0) is 27.0. The number of hydrogen-bond acceptors (Lipinski definition) is 7. The first-order valence-corrected chi connectivity index (χ1v) is 14.0. The minimum Gasteiger partial charge on any atom is -0.462 e. The van der Waals surface area contributed by atoms with E-state index in [2.05, 4.69) is 24.1 Å². The van der Waals surface area contributed by atoms with Gasteiger partial charge in [-0.3, -0.25) is 4.79 Å². The molecule has 0 saturated heterocycles. The maximum Gasteiger partial charge on any atom is 0.328 e. The molecule has 36 heavy (non-hydrogen) atoms. The molecule has 0 bridgehead atoms. The number of ether oxygens (including phenoxy) is 1. The summed E-state index contributed by atoms with van der Waals surface area (Å²) in [6, 6.07) is -1.56. The lowest BCUT2D eigenvalue weighted by Gasteiger charge is -2.21. The van der Waals surface area contributed by atoms with E-state index in [4.69, 9.17) is 16.2 Å². The van der Waals surface area contributed by atoms with E-state index in [0.717, 1.165) is 19.3 Å². The normalized spacial score (nSPS) is 13.8. The number of unbranched alkanes of at least 4 members (excludes halogenated alkanes) is 12. The van der Waals surface area contributed by atoms with Gasteiger partial charge in [-0.1, -0.05) is 103 Å². The molecule has 0 aliphatic heterocycles. The minimum absolute atomic E-state index is 0.146. The molecule has 0 heterocycles. The molecule has 0 aliphatic carbocycles. The second-order valence-electron chi connectivity index (χ2n) is 9.66. The van der Waals surface area contributed by atoms with Crippen LogP contribution in [0.4, 0.5) is 0 Å². The number of aliphatic hydroxyl groups is 1. The van der Waals surface area contributed by atoms with Crippen molar-refractivity contribution < 1.29 is 19.4 Å². The summed E-state index contributed by atoms with van der Waals surface area (Å²) in [7, 11) is 0. The predicted octanol–water partition coefficient (Wildman–Crippen LogP) is 4.17. The summed E-state index contributed by atoms with van der Waals surface area (Å²) in [5.74, 6) is -0.469. The van der Waals surface area contributed by atoms with Gasteiger partial charge in [-0.25, -0.2) is 4.79 Å². The summed E-state index contributed by atoms with van der Waals surface area (Å²) in [6.45, 7) is 7.80. The molecule has 0 aromatic rings. The van der Waals surface area contributed by atoms with Crippen molar-refractivity contribution in [3.8, 4) is 0 Å². The van der Waals surface area contributed by atoms with Gasteiger partial charge in [-0.2, -0.15) is 0 Å². The zero-order valence-electron chi connectivity index (χ0n) is 22.9. The zero-order valence-corrected chi connectivity index (χ0v) is 22.9. The molecular formula is C28H54N4O4. The number of amides is 1. The highest BCUT2D eigenvalue weighted by Crippen LogP contribution is 2.13. The van der Waals surface area contributed by atoms with Crippen molar-refractivity contribution in [2.24, 2.45) is 11.5 Å². The third-order valence-corrected chi connectivity index (χ3v) is 6.16. The van der Waals surface area contributed by atoms with E-state index in [1.54, 1.807) is 13.0 Å². The lowest BCUT2D eigenvalue weighted by Crippen LogP contribution is -2.46. The number of allylic oxidation sites excluding steroid dienone is 1. The van der Waals surface area contributed by atoms with Crippen molar-refractivity contribution in [1.82, 2.24) is 10.6 Å². The van der Waals surface area contributed by atoms with Gasteiger partial charge in [0.15, 0.2) is 0 Å². The van der Waals surface area contributed by atoms with Crippen molar-refractivity contribution in [2.75, 3.05) is 13.2 Å². The summed E-state index contributed by atoms with van der Waals surface area (Å²) in [5, 5.41) is 15.5. The first-order chi connectivity index (χ1) is 17.3. The quantitative estimate of drug-likeness (QED) is 0.0746. The number of aliphatic hydroxyl groups excluding tert-OH is 1. The number of hydrogen-bond donors (Lipinski definition) is 5. The van der Waals surface area contributed by atoms with Crippen LogP contribution in [0.15, 0.2) is 24.6 Å². The molecule has 8 nitrogen and oxygen atoms in total. The summed E-state index contributed by atoms with van der Waals surface area (Å²) >= 11 is 0. The van der Waals surface area contributed by atoms with E-state index in [9.17, 15) is 14.7 Å². The summed E-state index contributed by atoms with van der Waals surface area (Å²) in [4.78, 5) is 25.0. The smallest absolute Gasteiger partial charge is 0.328 e. The van der Waals surface area contributed by atoms with Crippen LogP contribution in [0.1, 0.15) is 110 Å². The Kier molecular flexibility index (Phi) is 22.0. The van der Waals surface area contributed by atoms with Crippen molar-refractivity contribution >= 4 is 11.9 Å². The van der Waals surface area contributed by atoms with Gasteiger partial charge < -0.3 is 31.9 Å². The van der Waals surface area contributed by atoms with E-state index in [-0.39, 0.29) is 18.3 Å². The van der Waals surface area contributed by atoms with Gasteiger partial charge in [-0.05, 0) is 19.8 Å². The second-order valence-corrected chi connectivity index (χ2v) is 9.66. The van der Waals surface area contributed by atoms with E-state index in [1.165, 1.54) is 70.3 Å². The molecule has 0 aromatic carbocycles. The molecule has 0 fully saturated rings. The Hall–Kier alpha value is -2.06. The molecule has 1 amide bonds. The number of carbonyl (C=O) groups is 2. The van der Waals surface area contributed by atoms with E-state index in [0.29, 0.717) is 19.4 Å². The highest BCUT2D eigenvalue weighted by Gasteiger charge is 2.23. The fourth-order valence-electron chi connectivity index (χ4n) is 3.91. The standard InChI is InChI=1S/C28H54N4O4/c1-4-6-7-8-9-10-11-12-13-14-15-16-17-19-27(34)32-25(20-21-31-23(3)29)28(35)36-22-24(30)26(33)18-5-2/h5,18,24-26,31,33H,3-4,6-17,19-22,29-30H2,1-2H3,(H,32,34). The summed E-state index contributed by atoms with van der Waals surface area (Å²) < 4.78 is 5.26. The molecule has 0 saturated carbocycles. The molecule has 3 atom stereocenters. The monoisotopic (exact) mass is 510 g/mol. The molecule has 0 spiro atoms. The van der Waals surface area contributed by atoms with Crippen LogP contribution in [0.3, 0.4) is 0 Å². The SMILES string of the molecule is C=C(N)NCCC(NC(=O)CCCCCCCCCCCCCCC)C(=O)OCC(N)C(O)C=CC. The van der Waals surface area contributed by atoms with Gasteiger partial charge in [0.05, 0.1) is 18.0 Å². The number of rotatable bonds is 24. The maximum absolute atomic E-state index is 12.6.